The molecule has 3 nitrogen and oxygen atoms in total. The van der Waals surface area contributed by atoms with Crippen molar-refractivity contribution in [1.29, 1.82) is 0 Å². The Morgan fingerprint density at radius 2 is 1.85 bits per heavy atom. The molecule has 0 bridgehead atoms. The summed E-state index contributed by atoms with van der Waals surface area (Å²) in [6, 6.07) is 0. The summed E-state index contributed by atoms with van der Waals surface area (Å²) in [6.45, 7) is 11.0. The van der Waals surface area contributed by atoms with Crippen molar-refractivity contribution in [2.24, 2.45) is 0 Å². The molecular weight excluding hydrogens is 184 g/mol. The lowest BCUT2D eigenvalue weighted by Crippen LogP contribution is -2.41. The second-order valence-electron chi connectivity index (χ2n) is 4.75. The number of rotatable bonds is 4. The smallest absolute Gasteiger partial charge is 0.305 e. The minimum Gasteiger partial charge on any atom is -0.481 e. The van der Waals surface area contributed by atoms with Crippen molar-refractivity contribution in [2.75, 3.05) is 6.61 Å². The van der Waals surface area contributed by atoms with Gasteiger partial charge in [0.15, 0.2) is 8.32 Å². The zero-order chi connectivity index (χ0) is 10.7. The summed E-state index contributed by atoms with van der Waals surface area (Å²) in [6.07, 6.45) is 0.104. The molecule has 0 aromatic carbocycles. The van der Waals surface area contributed by atoms with E-state index in [9.17, 15) is 4.79 Å². The maximum absolute atomic E-state index is 10.3. The molecule has 0 heterocycles. The monoisotopic (exact) mass is 204 g/mol. The van der Waals surface area contributed by atoms with Gasteiger partial charge in [-0.15, -0.1) is 0 Å². The van der Waals surface area contributed by atoms with E-state index >= 15 is 0 Å². The molecule has 78 valence electrons. The van der Waals surface area contributed by atoms with Gasteiger partial charge < -0.3 is 9.53 Å². The topological polar surface area (TPSA) is 46.5 Å². The molecule has 0 spiro atoms. The largest absolute Gasteiger partial charge is 0.481 e. The van der Waals surface area contributed by atoms with Crippen LogP contribution in [0.5, 0.6) is 0 Å². The maximum atomic E-state index is 10.3. The number of carbonyl (C=O) groups is 1. The summed E-state index contributed by atoms with van der Waals surface area (Å²) >= 11 is 0. The molecule has 0 atom stereocenters. The van der Waals surface area contributed by atoms with Gasteiger partial charge in [0, 0.05) is 6.61 Å². The van der Waals surface area contributed by atoms with Crippen LogP contribution in [-0.2, 0) is 9.22 Å². The lowest BCUT2D eigenvalue weighted by Gasteiger charge is -2.35. The molecule has 0 aliphatic heterocycles. The van der Waals surface area contributed by atoms with E-state index in [1.807, 2.05) is 0 Å². The average molecular weight is 204 g/mol. The molecule has 0 aromatic heterocycles. The number of carboxylic acid groups (broad SMARTS) is 1. The fourth-order valence-electron chi connectivity index (χ4n) is 0.610. The Bertz CT molecular complexity index is 182. The first-order chi connectivity index (χ1) is 5.67. The SMILES string of the molecule is CC(C)(C)[Si](C)(C)OCCC(=O)O. The van der Waals surface area contributed by atoms with Gasteiger partial charge >= 0.3 is 5.97 Å². The van der Waals surface area contributed by atoms with Crippen LogP contribution in [-0.4, -0.2) is 26.0 Å². The van der Waals surface area contributed by atoms with Crippen molar-refractivity contribution in [3.8, 4) is 0 Å². The molecule has 0 aliphatic rings. The van der Waals surface area contributed by atoms with E-state index in [1.54, 1.807) is 0 Å². The lowest BCUT2D eigenvalue weighted by molar-refractivity contribution is -0.137. The van der Waals surface area contributed by atoms with Gasteiger partial charge in [0.05, 0.1) is 6.42 Å². The highest BCUT2D eigenvalue weighted by molar-refractivity contribution is 6.74. The van der Waals surface area contributed by atoms with Crippen LogP contribution in [0.2, 0.25) is 18.1 Å². The van der Waals surface area contributed by atoms with Crippen LogP contribution in [0.1, 0.15) is 27.2 Å². The molecule has 13 heavy (non-hydrogen) atoms. The fraction of sp³-hybridized carbons (Fsp3) is 0.889. The molecule has 0 rings (SSSR count). The van der Waals surface area contributed by atoms with Crippen molar-refractivity contribution in [3.05, 3.63) is 0 Å². The second kappa shape index (κ2) is 4.24. The average Bonchev–Trinajstić information content (AvgIpc) is 1.82. The highest BCUT2D eigenvalue weighted by Gasteiger charge is 2.36. The molecule has 4 heteroatoms. The normalized spacial score (nSPS) is 13.0. The molecule has 0 aliphatic carbocycles. The third-order valence-electron chi connectivity index (χ3n) is 2.59. The van der Waals surface area contributed by atoms with E-state index in [0.29, 0.717) is 6.61 Å². The van der Waals surface area contributed by atoms with Crippen LogP contribution >= 0.6 is 0 Å². The number of hydrogen-bond donors (Lipinski definition) is 1. The third kappa shape index (κ3) is 4.43. The van der Waals surface area contributed by atoms with Crippen molar-refractivity contribution >= 4 is 14.3 Å². The summed E-state index contributed by atoms with van der Waals surface area (Å²) in [4.78, 5) is 10.3. The second-order valence-corrected chi connectivity index (χ2v) is 9.56. The molecular formula is C9H20O3Si. The predicted octanol–water partition coefficient (Wildman–Crippen LogP) is 2.48. The van der Waals surface area contributed by atoms with E-state index in [2.05, 4.69) is 33.9 Å². The Hall–Kier alpha value is -0.353. The van der Waals surface area contributed by atoms with E-state index in [0.717, 1.165) is 0 Å². The van der Waals surface area contributed by atoms with Crippen molar-refractivity contribution in [1.82, 2.24) is 0 Å². The Kier molecular flexibility index (Phi) is 4.12. The lowest BCUT2D eigenvalue weighted by atomic mass is 10.2. The Morgan fingerprint density at radius 3 is 2.15 bits per heavy atom. The van der Waals surface area contributed by atoms with Crippen LogP contribution in [0.4, 0.5) is 0 Å². The molecule has 0 saturated carbocycles. The zero-order valence-electron chi connectivity index (χ0n) is 9.18. The van der Waals surface area contributed by atoms with Crippen LogP contribution in [0.3, 0.4) is 0 Å². The van der Waals surface area contributed by atoms with Gasteiger partial charge in [-0.2, -0.15) is 0 Å². The number of aliphatic carboxylic acids is 1. The molecule has 0 unspecified atom stereocenters. The number of carboxylic acids is 1. The molecule has 0 amide bonds. The summed E-state index contributed by atoms with van der Waals surface area (Å²) in [7, 11) is -1.74. The predicted molar refractivity (Wildman–Crippen MR) is 55.4 cm³/mol. The van der Waals surface area contributed by atoms with Crippen molar-refractivity contribution in [2.45, 2.75) is 45.3 Å². The Morgan fingerprint density at radius 1 is 1.38 bits per heavy atom. The van der Waals surface area contributed by atoms with E-state index in [1.165, 1.54) is 0 Å². The van der Waals surface area contributed by atoms with Gasteiger partial charge in [0.2, 0.25) is 0 Å². The minimum absolute atomic E-state index is 0.104. The molecule has 0 saturated heterocycles. The standard InChI is InChI=1S/C9H20O3Si/c1-9(2,3)13(4,5)12-7-6-8(10)11/h6-7H2,1-5H3,(H,10,11). The van der Waals surface area contributed by atoms with Crippen LogP contribution in [0.25, 0.3) is 0 Å². The van der Waals surface area contributed by atoms with Crippen molar-refractivity contribution < 1.29 is 14.3 Å². The van der Waals surface area contributed by atoms with Gasteiger partial charge in [0.25, 0.3) is 0 Å². The summed E-state index contributed by atoms with van der Waals surface area (Å²) < 4.78 is 5.66. The fourth-order valence-corrected chi connectivity index (χ4v) is 1.66. The summed E-state index contributed by atoms with van der Waals surface area (Å²) in [5.74, 6) is -0.793. The first kappa shape index (κ1) is 12.6. The molecule has 0 radical (unpaired) electrons. The maximum Gasteiger partial charge on any atom is 0.305 e. The van der Waals surface area contributed by atoms with Gasteiger partial charge in [-0.05, 0) is 18.1 Å². The van der Waals surface area contributed by atoms with Crippen molar-refractivity contribution in [3.63, 3.8) is 0 Å². The zero-order valence-corrected chi connectivity index (χ0v) is 10.2. The van der Waals surface area contributed by atoms with Gasteiger partial charge in [0.1, 0.15) is 0 Å². The Balaban J connectivity index is 3.97. The van der Waals surface area contributed by atoms with Crippen LogP contribution in [0, 0.1) is 0 Å². The van der Waals surface area contributed by atoms with E-state index in [-0.39, 0.29) is 11.5 Å². The molecule has 0 aromatic rings. The summed E-state index contributed by atoms with van der Waals surface area (Å²) in [5, 5.41) is 8.61. The van der Waals surface area contributed by atoms with Crippen LogP contribution in [0.15, 0.2) is 0 Å². The molecule has 1 N–H and O–H groups in total. The highest BCUT2D eigenvalue weighted by atomic mass is 28.4. The van der Waals surface area contributed by atoms with E-state index < -0.39 is 14.3 Å². The molecule has 0 fully saturated rings. The highest BCUT2D eigenvalue weighted by Crippen LogP contribution is 2.36. The third-order valence-corrected chi connectivity index (χ3v) is 7.12. The van der Waals surface area contributed by atoms with Gasteiger partial charge in [-0.25, -0.2) is 0 Å². The number of hydrogen-bond acceptors (Lipinski definition) is 2. The Labute approximate surface area is 81.2 Å². The minimum atomic E-state index is -1.74. The van der Waals surface area contributed by atoms with E-state index in [4.69, 9.17) is 9.53 Å². The first-order valence-corrected chi connectivity index (χ1v) is 7.43. The summed E-state index contributed by atoms with van der Waals surface area (Å²) in [5.41, 5.74) is 0. The van der Waals surface area contributed by atoms with Gasteiger partial charge in [-0.3, -0.25) is 4.79 Å². The van der Waals surface area contributed by atoms with Crippen LogP contribution < -0.4 is 0 Å². The van der Waals surface area contributed by atoms with Gasteiger partial charge in [-0.1, -0.05) is 20.8 Å². The quantitative estimate of drug-likeness (QED) is 0.716. The first-order valence-electron chi connectivity index (χ1n) is 4.52.